The van der Waals surface area contributed by atoms with Crippen molar-refractivity contribution in [2.75, 3.05) is 39.6 Å². The van der Waals surface area contributed by atoms with Crippen molar-refractivity contribution in [1.29, 1.82) is 0 Å². The number of carbonyl (C=O) groups excluding carboxylic acids is 2. The van der Waals surface area contributed by atoms with Gasteiger partial charge in [-0.2, -0.15) is 0 Å². The number of hydrogen-bond acceptors (Lipinski definition) is 11. The zero-order valence-corrected chi connectivity index (χ0v) is 29.0. The topological polar surface area (TPSA) is 187 Å². The molecule has 2 aliphatic carbocycles. The predicted molar refractivity (Wildman–Crippen MR) is 183 cm³/mol. The van der Waals surface area contributed by atoms with Crippen molar-refractivity contribution >= 4 is 11.8 Å². The minimum absolute atomic E-state index is 0.0196. The van der Waals surface area contributed by atoms with E-state index in [1.165, 1.54) is 19.3 Å². The molecule has 1 aliphatic heterocycles. The van der Waals surface area contributed by atoms with Crippen LogP contribution < -0.4 is 10.6 Å². The maximum absolute atomic E-state index is 13.0. The molecule has 5 rings (SSSR count). The van der Waals surface area contributed by atoms with Gasteiger partial charge in [0.1, 0.15) is 24.0 Å². The van der Waals surface area contributed by atoms with E-state index in [1.807, 2.05) is 18.3 Å². The van der Waals surface area contributed by atoms with Crippen LogP contribution in [0, 0.1) is 5.92 Å². The fraction of sp³-hybridized carbons (Fsp3) is 0.667. The fourth-order valence-electron chi connectivity index (χ4n) is 6.94. The molecule has 2 amide bonds. The molecule has 14 heteroatoms. The van der Waals surface area contributed by atoms with Crippen LogP contribution in [0.1, 0.15) is 75.1 Å². The molecule has 0 bridgehead atoms. The van der Waals surface area contributed by atoms with Crippen molar-refractivity contribution in [2.24, 2.45) is 5.92 Å². The number of aliphatic hydroxyl groups is 3. The Kier molecular flexibility index (Phi) is 14.3. The lowest BCUT2D eigenvalue weighted by Gasteiger charge is -2.43. The van der Waals surface area contributed by atoms with Crippen molar-refractivity contribution < 1.29 is 43.9 Å². The Balaban J connectivity index is 0.946. The van der Waals surface area contributed by atoms with Gasteiger partial charge in [0.25, 0.3) is 5.91 Å². The van der Waals surface area contributed by atoms with E-state index in [4.69, 9.17) is 18.9 Å². The number of rotatable bonds is 16. The number of amides is 2. The van der Waals surface area contributed by atoms with E-state index in [9.17, 15) is 24.9 Å². The summed E-state index contributed by atoms with van der Waals surface area (Å²) in [6.45, 7) is 3.84. The maximum atomic E-state index is 13.0. The maximum Gasteiger partial charge on any atom is 0.251 e. The van der Waals surface area contributed by atoms with Crippen molar-refractivity contribution in [3.05, 3.63) is 48.2 Å². The zero-order chi connectivity index (χ0) is 35.3. The van der Waals surface area contributed by atoms with E-state index in [0.29, 0.717) is 43.5 Å². The molecule has 276 valence electrons. The van der Waals surface area contributed by atoms with Gasteiger partial charge in [0.2, 0.25) is 5.91 Å². The summed E-state index contributed by atoms with van der Waals surface area (Å²) in [4.78, 5) is 25.7. The average Bonchev–Trinajstić information content (AvgIpc) is 3.58. The normalized spacial score (nSPS) is 28.3. The molecule has 5 N–H and O–H groups in total. The van der Waals surface area contributed by atoms with E-state index in [-0.39, 0.29) is 43.5 Å². The summed E-state index contributed by atoms with van der Waals surface area (Å²) in [6.07, 6.45) is 10.1. The second-order valence-corrected chi connectivity index (χ2v) is 13.4. The standard InChI is InChI=1S/C36H53N5O9/c1-25-31(43)32(44)33(45)35(50-25)49-23-22-48-21-20-47-19-18-41-24-29(39-40-41)26-10-12-27(13-11-26)34(46)37-17-14-30(42)38-36-15-6-3-2-4-8-28(36)9-5-7-16-36/h7,10-13,16,24-25,28,31-33,35,43-45H,2-6,8-9,14-15,17-23H2,1H3,(H,37,46)(H,38,42)/t25-,28?,31+,32+,33-,35?,36?/m0/s1. The first kappa shape index (κ1) is 38.0. The molecule has 1 saturated carbocycles. The van der Waals surface area contributed by atoms with Gasteiger partial charge in [0.15, 0.2) is 6.29 Å². The first-order chi connectivity index (χ1) is 24.3. The lowest BCUT2D eigenvalue weighted by Crippen LogP contribution is -2.57. The van der Waals surface area contributed by atoms with E-state index in [1.54, 1.807) is 23.7 Å². The number of allylic oxidation sites excluding steroid dienone is 1. The Hall–Kier alpha value is -3.24. The van der Waals surface area contributed by atoms with Gasteiger partial charge in [-0.15, -0.1) is 5.10 Å². The molecule has 3 unspecified atom stereocenters. The van der Waals surface area contributed by atoms with E-state index in [0.717, 1.165) is 37.7 Å². The van der Waals surface area contributed by atoms with E-state index >= 15 is 0 Å². The number of aromatic nitrogens is 3. The Morgan fingerprint density at radius 1 is 0.960 bits per heavy atom. The zero-order valence-electron chi connectivity index (χ0n) is 29.0. The second-order valence-electron chi connectivity index (χ2n) is 13.4. The summed E-state index contributed by atoms with van der Waals surface area (Å²) in [5, 5.41) is 44.2. The predicted octanol–water partition coefficient (Wildman–Crippen LogP) is 2.12. The third kappa shape index (κ3) is 10.4. The molecule has 2 aromatic rings. The monoisotopic (exact) mass is 699 g/mol. The molecule has 1 aromatic carbocycles. The van der Waals surface area contributed by atoms with Gasteiger partial charge in [-0.05, 0) is 50.7 Å². The molecule has 0 radical (unpaired) electrons. The molecule has 50 heavy (non-hydrogen) atoms. The summed E-state index contributed by atoms with van der Waals surface area (Å²) >= 11 is 0. The number of fused-ring (bicyclic) bond motifs is 1. The third-order valence-electron chi connectivity index (χ3n) is 9.86. The van der Waals surface area contributed by atoms with Gasteiger partial charge in [0, 0.05) is 24.1 Å². The molecule has 1 saturated heterocycles. The van der Waals surface area contributed by atoms with Gasteiger partial charge in [-0.1, -0.05) is 55.2 Å². The second kappa shape index (κ2) is 18.8. The summed E-state index contributed by atoms with van der Waals surface area (Å²) in [6, 6.07) is 7.12. The van der Waals surface area contributed by atoms with Crippen LogP contribution in [-0.2, 0) is 30.3 Å². The lowest BCUT2D eigenvalue weighted by molar-refractivity contribution is -0.294. The number of nitrogens with zero attached hydrogens (tertiary/aromatic N) is 3. The summed E-state index contributed by atoms with van der Waals surface area (Å²) in [7, 11) is 0. The molecule has 2 fully saturated rings. The fourth-order valence-corrected chi connectivity index (χ4v) is 6.94. The highest BCUT2D eigenvalue weighted by atomic mass is 16.7. The quantitative estimate of drug-likeness (QED) is 0.128. The molecule has 14 nitrogen and oxygen atoms in total. The van der Waals surface area contributed by atoms with Crippen LogP contribution in [-0.4, -0.2) is 118 Å². The third-order valence-corrected chi connectivity index (χ3v) is 9.86. The highest BCUT2D eigenvalue weighted by Gasteiger charge is 2.42. The van der Waals surface area contributed by atoms with Crippen LogP contribution in [0.15, 0.2) is 42.6 Å². The molecule has 7 atom stereocenters. The Morgan fingerprint density at radius 2 is 1.72 bits per heavy atom. The van der Waals surface area contributed by atoms with Gasteiger partial charge >= 0.3 is 0 Å². The van der Waals surface area contributed by atoms with Crippen molar-refractivity contribution in [3.63, 3.8) is 0 Å². The van der Waals surface area contributed by atoms with E-state index < -0.39 is 30.7 Å². The van der Waals surface area contributed by atoms with Gasteiger partial charge in [0.05, 0.1) is 57.4 Å². The molecule has 2 heterocycles. The summed E-state index contributed by atoms with van der Waals surface area (Å²) < 4.78 is 23.6. The first-order valence-electron chi connectivity index (χ1n) is 18.0. The van der Waals surface area contributed by atoms with Crippen LogP contribution in [0.25, 0.3) is 11.3 Å². The SMILES string of the molecule is C[C@@H]1OC(OCCOCCOCCn2cc(-c3ccc(C(=O)NCCC(=O)NC45C=CCCC4CCCCCC5)cc3)nn2)[C@@H](O)[C@H](O)[C@@H]1O. The van der Waals surface area contributed by atoms with Crippen molar-refractivity contribution in [1.82, 2.24) is 25.6 Å². The Bertz CT molecular complexity index is 1390. The number of benzene rings is 1. The molecule has 3 aliphatic rings. The smallest absolute Gasteiger partial charge is 0.251 e. The van der Waals surface area contributed by atoms with Crippen molar-refractivity contribution in [2.45, 2.75) is 108 Å². The van der Waals surface area contributed by atoms with Crippen LogP contribution in [0.5, 0.6) is 0 Å². The van der Waals surface area contributed by atoms with Crippen LogP contribution in [0.3, 0.4) is 0 Å². The van der Waals surface area contributed by atoms with Gasteiger partial charge in [-0.3, -0.25) is 9.59 Å². The average molecular weight is 700 g/mol. The van der Waals surface area contributed by atoms with Crippen LogP contribution in [0.2, 0.25) is 0 Å². The number of hydrogen-bond donors (Lipinski definition) is 5. The highest BCUT2D eigenvalue weighted by molar-refractivity contribution is 5.94. The molecule has 1 aromatic heterocycles. The highest BCUT2D eigenvalue weighted by Crippen LogP contribution is 2.38. The summed E-state index contributed by atoms with van der Waals surface area (Å²) in [5.41, 5.74) is 1.76. The molecular weight excluding hydrogens is 646 g/mol. The first-order valence-corrected chi connectivity index (χ1v) is 18.0. The minimum atomic E-state index is -1.34. The van der Waals surface area contributed by atoms with Crippen molar-refractivity contribution in [3.8, 4) is 11.3 Å². The van der Waals surface area contributed by atoms with Crippen LogP contribution >= 0.6 is 0 Å². The largest absolute Gasteiger partial charge is 0.388 e. The Labute approximate surface area is 293 Å². The Morgan fingerprint density at radius 3 is 2.54 bits per heavy atom. The molecule has 0 spiro atoms. The number of aliphatic hydroxyl groups excluding tert-OH is 3. The number of nitrogens with one attached hydrogen (secondary N) is 2. The van der Waals surface area contributed by atoms with Crippen LogP contribution in [0.4, 0.5) is 0 Å². The van der Waals surface area contributed by atoms with Gasteiger partial charge in [-0.25, -0.2) is 4.68 Å². The summed E-state index contributed by atoms with van der Waals surface area (Å²) in [5.74, 6) is 0.242. The number of ether oxygens (including phenoxy) is 4. The van der Waals surface area contributed by atoms with Gasteiger partial charge < -0.3 is 44.9 Å². The van der Waals surface area contributed by atoms with E-state index in [2.05, 4.69) is 33.1 Å². The molecular formula is C36H53N5O9. The number of carbonyl (C=O) groups is 2. The minimum Gasteiger partial charge on any atom is -0.388 e. The lowest BCUT2D eigenvalue weighted by atomic mass is 9.70.